The van der Waals surface area contributed by atoms with Gasteiger partial charge in [-0.25, -0.2) is 4.79 Å². The first-order valence-electron chi connectivity index (χ1n) is 6.72. The number of hydrogen-bond donors (Lipinski definition) is 1. The summed E-state index contributed by atoms with van der Waals surface area (Å²) in [5, 5.41) is 18.3. The lowest BCUT2D eigenvalue weighted by Crippen LogP contribution is -2.18. The van der Waals surface area contributed by atoms with Crippen molar-refractivity contribution in [3.05, 3.63) is 59.2 Å². The predicted molar refractivity (Wildman–Crippen MR) is 82.3 cm³/mol. The molecule has 0 saturated carbocycles. The van der Waals surface area contributed by atoms with E-state index in [1.165, 1.54) is 0 Å². The Labute approximate surface area is 124 Å². The van der Waals surface area contributed by atoms with Crippen molar-refractivity contribution in [2.24, 2.45) is 0 Å². The number of carbonyl (C=O) groups is 1. The van der Waals surface area contributed by atoms with E-state index in [4.69, 9.17) is 5.26 Å². The molecule has 0 saturated heterocycles. The van der Waals surface area contributed by atoms with Crippen molar-refractivity contribution in [3.63, 3.8) is 0 Å². The van der Waals surface area contributed by atoms with E-state index >= 15 is 0 Å². The van der Waals surface area contributed by atoms with Crippen LogP contribution in [0.2, 0.25) is 0 Å². The van der Waals surface area contributed by atoms with E-state index in [9.17, 15) is 9.90 Å². The topological polar surface area (TPSA) is 61.1 Å². The summed E-state index contributed by atoms with van der Waals surface area (Å²) >= 11 is 0. The highest BCUT2D eigenvalue weighted by atomic mass is 16.4. The highest BCUT2D eigenvalue weighted by Crippen LogP contribution is 2.35. The van der Waals surface area contributed by atoms with Crippen LogP contribution in [0.25, 0.3) is 11.1 Å². The molecular formula is C18H17NO2. The van der Waals surface area contributed by atoms with Crippen LogP contribution >= 0.6 is 0 Å². The smallest absolute Gasteiger partial charge is 0.336 e. The molecule has 21 heavy (non-hydrogen) atoms. The van der Waals surface area contributed by atoms with Crippen molar-refractivity contribution in [1.29, 1.82) is 5.26 Å². The largest absolute Gasteiger partial charge is 0.478 e. The zero-order chi connectivity index (χ0) is 15.6. The Hall–Kier alpha value is -2.60. The minimum atomic E-state index is -0.921. The fourth-order valence-corrected chi connectivity index (χ4v) is 2.50. The van der Waals surface area contributed by atoms with Crippen molar-refractivity contribution >= 4 is 5.97 Å². The summed E-state index contributed by atoms with van der Waals surface area (Å²) in [6.45, 7) is 6.01. The van der Waals surface area contributed by atoms with E-state index in [0.717, 1.165) is 16.7 Å². The Bertz CT molecular complexity index is 716. The second-order valence-electron chi connectivity index (χ2n) is 5.97. The molecule has 2 aromatic rings. The summed E-state index contributed by atoms with van der Waals surface area (Å²) in [5.74, 6) is -0.921. The van der Waals surface area contributed by atoms with Crippen LogP contribution in [-0.4, -0.2) is 11.1 Å². The van der Waals surface area contributed by atoms with Crippen molar-refractivity contribution in [2.45, 2.75) is 26.2 Å². The van der Waals surface area contributed by atoms with E-state index in [2.05, 4.69) is 6.07 Å². The predicted octanol–water partition coefficient (Wildman–Crippen LogP) is 4.22. The van der Waals surface area contributed by atoms with Crippen LogP contribution in [0.3, 0.4) is 0 Å². The van der Waals surface area contributed by atoms with E-state index < -0.39 is 5.97 Å². The molecule has 1 N–H and O–H groups in total. The van der Waals surface area contributed by atoms with Crippen LogP contribution in [0.1, 0.15) is 42.3 Å². The van der Waals surface area contributed by atoms with E-state index in [1.54, 1.807) is 24.3 Å². The Morgan fingerprint density at radius 2 is 1.71 bits per heavy atom. The third-order valence-electron chi connectivity index (χ3n) is 3.37. The van der Waals surface area contributed by atoms with Gasteiger partial charge in [0.15, 0.2) is 0 Å². The maximum atomic E-state index is 11.5. The summed E-state index contributed by atoms with van der Waals surface area (Å²) in [6.07, 6.45) is 0. The maximum absolute atomic E-state index is 11.5. The van der Waals surface area contributed by atoms with Crippen molar-refractivity contribution < 1.29 is 9.90 Å². The Morgan fingerprint density at radius 1 is 1.10 bits per heavy atom. The summed E-state index contributed by atoms with van der Waals surface area (Å²) in [5.41, 5.74) is 3.24. The zero-order valence-corrected chi connectivity index (χ0v) is 12.3. The average molecular weight is 279 g/mol. The second-order valence-corrected chi connectivity index (χ2v) is 5.97. The summed E-state index contributed by atoms with van der Waals surface area (Å²) in [6, 6.07) is 14.6. The van der Waals surface area contributed by atoms with E-state index in [0.29, 0.717) is 11.1 Å². The Morgan fingerprint density at radius 3 is 2.19 bits per heavy atom. The third kappa shape index (κ3) is 2.95. The quantitative estimate of drug-likeness (QED) is 0.895. The number of nitriles is 1. The summed E-state index contributed by atoms with van der Waals surface area (Å²) in [7, 11) is 0. The zero-order valence-electron chi connectivity index (χ0n) is 12.3. The highest BCUT2D eigenvalue weighted by Gasteiger charge is 2.25. The molecule has 2 rings (SSSR count). The standard InChI is InChI=1S/C18H17NO2/c1-18(2,3)16-14(5-4-6-15(16)17(20)21)13-9-7-12(11-19)8-10-13/h4-10H,1-3H3,(H,20,21). The van der Waals surface area contributed by atoms with Crippen molar-refractivity contribution in [2.75, 3.05) is 0 Å². The number of aromatic carboxylic acids is 1. The van der Waals surface area contributed by atoms with Gasteiger partial charge in [-0.3, -0.25) is 0 Å². The number of rotatable bonds is 2. The van der Waals surface area contributed by atoms with Gasteiger partial charge in [0.25, 0.3) is 0 Å². The number of benzene rings is 2. The summed E-state index contributed by atoms with van der Waals surface area (Å²) in [4.78, 5) is 11.5. The Kier molecular flexibility index (Phi) is 3.82. The Balaban J connectivity index is 2.71. The normalized spacial score (nSPS) is 11.0. The molecule has 0 aliphatic heterocycles. The van der Waals surface area contributed by atoms with Gasteiger partial charge >= 0.3 is 5.97 Å². The molecule has 3 nitrogen and oxygen atoms in total. The highest BCUT2D eigenvalue weighted by molar-refractivity contribution is 5.93. The van der Waals surface area contributed by atoms with Crippen LogP contribution in [0, 0.1) is 11.3 Å². The van der Waals surface area contributed by atoms with E-state index in [-0.39, 0.29) is 5.41 Å². The van der Waals surface area contributed by atoms with Crippen molar-refractivity contribution in [3.8, 4) is 17.2 Å². The molecule has 0 radical (unpaired) electrons. The SMILES string of the molecule is CC(C)(C)c1c(C(=O)O)cccc1-c1ccc(C#N)cc1. The third-order valence-corrected chi connectivity index (χ3v) is 3.37. The van der Waals surface area contributed by atoms with Gasteiger partial charge in [-0.1, -0.05) is 45.0 Å². The first-order chi connectivity index (χ1) is 9.84. The molecule has 0 atom stereocenters. The van der Waals surface area contributed by atoms with Crippen LogP contribution in [0.15, 0.2) is 42.5 Å². The number of hydrogen-bond acceptors (Lipinski definition) is 2. The number of nitrogens with zero attached hydrogens (tertiary/aromatic N) is 1. The number of carboxylic acids is 1. The van der Waals surface area contributed by atoms with Gasteiger partial charge in [0.1, 0.15) is 0 Å². The molecule has 2 aromatic carbocycles. The van der Waals surface area contributed by atoms with Gasteiger partial charge in [-0.2, -0.15) is 5.26 Å². The minimum Gasteiger partial charge on any atom is -0.478 e. The van der Waals surface area contributed by atoms with Gasteiger partial charge in [0.05, 0.1) is 17.2 Å². The molecule has 0 spiro atoms. The molecule has 0 aliphatic carbocycles. The van der Waals surface area contributed by atoms with Gasteiger partial charge in [0.2, 0.25) is 0 Å². The van der Waals surface area contributed by atoms with Gasteiger partial charge in [-0.15, -0.1) is 0 Å². The van der Waals surface area contributed by atoms with Crippen molar-refractivity contribution in [1.82, 2.24) is 0 Å². The van der Waals surface area contributed by atoms with Crippen LogP contribution in [0.4, 0.5) is 0 Å². The molecule has 0 amide bonds. The molecular weight excluding hydrogens is 262 g/mol. The van der Waals surface area contributed by atoms with Crippen LogP contribution < -0.4 is 0 Å². The molecule has 3 heteroatoms. The van der Waals surface area contributed by atoms with Gasteiger partial charge in [-0.05, 0) is 40.3 Å². The molecule has 0 bridgehead atoms. The lowest BCUT2D eigenvalue weighted by atomic mass is 9.79. The average Bonchev–Trinajstić information content (AvgIpc) is 2.45. The van der Waals surface area contributed by atoms with Gasteiger partial charge in [0, 0.05) is 0 Å². The molecule has 0 aromatic heterocycles. The first-order valence-corrected chi connectivity index (χ1v) is 6.72. The van der Waals surface area contributed by atoms with E-state index in [1.807, 2.05) is 39.0 Å². The second kappa shape index (κ2) is 5.41. The fourth-order valence-electron chi connectivity index (χ4n) is 2.50. The molecule has 106 valence electrons. The lowest BCUT2D eigenvalue weighted by Gasteiger charge is -2.25. The lowest BCUT2D eigenvalue weighted by molar-refractivity contribution is 0.0694. The molecule has 0 heterocycles. The molecule has 0 aliphatic rings. The van der Waals surface area contributed by atoms with Gasteiger partial charge < -0.3 is 5.11 Å². The van der Waals surface area contributed by atoms with Crippen LogP contribution in [-0.2, 0) is 5.41 Å². The fraction of sp³-hybridized carbons (Fsp3) is 0.222. The summed E-state index contributed by atoms with van der Waals surface area (Å²) < 4.78 is 0. The maximum Gasteiger partial charge on any atom is 0.336 e. The first kappa shape index (κ1) is 14.8. The molecule has 0 unspecified atom stereocenters. The van der Waals surface area contributed by atoms with Crippen LogP contribution in [0.5, 0.6) is 0 Å². The minimum absolute atomic E-state index is 0.293. The monoisotopic (exact) mass is 279 g/mol. The number of carboxylic acid groups (broad SMARTS) is 1. The molecule has 0 fully saturated rings.